The normalized spacial score (nSPS) is 10.1. The van der Waals surface area contributed by atoms with Crippen molar-refractivity contribution in [3.05, 3.63) is 48.0 Å². The van der Waals surface area contributed by atoms with E-state index < -0.39 is 5.82 Å². The number of nitrogens with zero attached hydrogens (tertiary/aromatic N) is 2. The van der Waals surface area contributed by atoms with Crippen molar-refractivity contribution in [2.24, 2.45) is 7.05 Å². The summed E-state index contributed by atoms with van der Waals surface area (Å²) in [4.78, 5) is 11.7. The molecule has 82 valence electrons. The molecule has 0 fully saturated rings. The van der Waals surface area contributed by atoms with Crippen molar-refractivity contribution in [2.75, 3.05) is 5.32 Å². The molecule has 0 bridgehead atoms. The van der Waals surface area contributed by atoms with Gasteiger partial charge in [-0.2, -0.15) is 5.10 Å². The average molecular weight is 219 g/mol. The van der Waals surface area contributed by atoms with E-state index in [-0.39, 0.29) is 11.5 Å². The first kappa shape index (κ1) is 10.4. The summed E-state index contributed by atoms with van der Waals surface area (Å²) in [5.74, 6) is -0.786. The summed E-state index contributed by atoms with van der Waals surface area (Å²) in [6.45, 7) is 0. The van der Waals surface area contributed by atoms with E-state index >= 15 is 0 Å². The number of carbonyl (C=O) groups is 1. The number of hydrogen-bond donors (Lipinski definition) is 1. The zero-order valence-electron chi connectivity index (χ0n) is 8.64. The highest BCUT2D eigenvalue weighted by Crippen LogP contribution is 2.08. The predicted octanol–water partition coefficient (Wildman–Crippen LogP) is 1.81. The third-order valence-corrected chi connectivity index (χ3v) is 2.05. The van der Waals surface area contributed by atoms with E-state index in [9.17, 15) is 9.18 Å². The summed E-state index contributed by atoms with van der Waals surface area (Å²) in [6.07, 6.45) is 3.19. The molecule has 1 aromatic heterocycles. The smallest absolute Gasteiger partial charge is 0.255 e. The molecule has 1 amide bonds. The lowest BCUT2D eigenvalue weighted by Gasteiger charge is -2.01. The van der Waals surface area contributed by atoms with Crippen LogP contribution in [0.2, 0.25) is 0 Å². The molecule has 4 nitrogen and oxygen atoms in total. The number of aryl methyl sites for hydroxylation is 1. The quantitative estimate of drug-likeness (QED) is 0.837. The first-order valence-electron chi connectivity index (χ1n) is 4.71. The number of hydrogen-bond acceptors (Lipinski definition) is 2. The van der Waals surface area contributed by atoms with Gasteiger partial charge in [0.1, 0.15) is 5.82 Å². The standard InChI is InChI=1S/C11H10FN3O/c1-15-7-10(6-13-15)14-11(16)8-3-2-4-9(12)5-8/h2-7H,1H3,(H,14,16). The maximum atomic E-state index is 12.9. The number of benzene rings is 1. The van der Waals surface area contributed by atoms with Crippen LogP contribution in [0.25, 0.3) is 0 Å². The van der Waals surface area contributed by atoms with Crippen molar-refractivity contribution in [3.63, 3.8) is 0 Å². The Balaban J connectivity index is 2.14. The van der Waals surface area contributed by atoms with Crippen LogP contribution in [0.3, 0.4) is 0 Å². The van der Waals surface area contributed by atoms with Crippen LogP contribution in [0.15, 0.2) is 36.7 Å². The molecule has 5 heteroatoms. The van der Waals surface area contributed by atoms with Crippen LogP contribution in [0.1, 0.15) is 10.4 Å². The fraction of sp³-hybridized carbons (Fsp3) is 0.0909. The summed E-state index contributed by atoms with van der Waals surface area (Å²) in [5.41, 5.74) is 0.862. The molecule has 0 aliphatic rings. The molecule has 0 saturated heterocycles. The van der Waals surface area contributed by atoms with Gasteiger partial charge >= 0.3 is 0 Å². The lowest BCUT2D eigenvalue weighted by atomic mass is 10.2. The van der Waals surface area contributed by atoms with E-state index in [4.69, 9.17) is 0 Å². The molecule has 1 N–H and O–H groups in total. The fourth-order valence-corrected chi connectivity index (χ4v) is 1.32. The Bertz CT molecular complexity index is 521. The summed E-state index contributed by atoms with van der Waals surface area (Å²) < 4.78 is 14.4. The van der Waals surface area contributed by atoms with Gasteiger partial charge in [0.15, 0.2) is 0 Å². The van der Waals surface area contributed by atoms with Gasteiger partial charge in [-0.3, -0.25) is 9.48 Å². The fourth-order valence-electron chi connectivity index (χ4n) is 1.32. The molecule has 2 rings (SSSR count). The molecule has 0 atom stereocenters. The number of amides is 1. The number of anilines is 1. The van der Waals surface area contributed by atoms with Gasteiger partial charge in [0, 0.05) is 18.8 Å². The Kier molecular flexibility index (Phi) is 2.68. The Morgan fingerprint density at radius 1 is 1.50 bits per heavy atom. The average Bonchev–Trinajstić information content (AvgIpc) is 2.64. The molecule has 0 aliphatic carbocycles. The van der Waals surface area contributed by atoms with Gasteiger partial charge in [0.2, 0.25) is 0 Å². The highest BCUT2D eigenvalue weighted by molar-refractivity contribution is 6.04. The van der Waals surface area contributed by atoms with Crippen molar-refractivity contribution in [2.45, 2.75) is 0 Å². The summed E-state index contributed by atoms with van der Waals surface area (Å²) in [6, 6.07) is 5.52. The lowest BCUT2D eigenvalue weighted by molar-refractivity contribution is 0.102. The molecular weight excluding hydrogens is 209 g/mol. The van der Waals surface area contributed by atoms with Gasteiger partial charge in [-0.15, -0.1) is 0 Å². The lowest BCUT2D eigenvalue weighted by Crippen LogP contribution is -2.11. The second-order valence-electron chi connectivity index (χ2n) is 3.37. The monoisotopic (exact) mass is 219 g/mol. The topological polar surface area (TPSA) is 46.9 Å². The van der Waals surface area contributed by atoms with E-state index in [1.807, 2.05) is 0 Å². The molecule has 0 unspecified atom stereocenters. The van der Waals surface area contributed by atoms with E-state index in [2.05, 4.69) is 10.4 Å². The van der Waals surface area contributed by atoms with Gasteiger partial charge in [-0.1, -0.05) is 6.07 Å². The van der Waals surface area contributed by atoms with Crippen LogP contribution in [0.4, 0.5) is 10.1 Å². The predicted molar refractivity (Wildman–Crippen MR) is 57.6 cm³/mol. The number of aromatic nitrogens is 2. The van der Waals surface area contributed by atoms with Crippen LogP contribution >= 0.6 is 0 Å². The van der Waals surface area contributed by atoms with Crippen LogP contribution in [0, 0.1) is 5.82 Å². The number of rotatable bonds is 2. The molecule has 16 heavy (non-hydrogen) atoms. The second-order valence-corrected chi connectivity index (χ2v) is 3.37. The van der Waals surface area contributed by atoms with Crippen molar-refractivity contribution >= 4 is 11.6 Å². The molecule has 2 aromatic rings. The maximum absolute atomic E-state index is 12.9. The Morgan fingerprint density at radius 2 is 2.31 bits per heavy atom. The van der Waals surface area contributed by atoms with Gasteiger partial charge in [-0.05, 0) is 18.2 Å². The number of halogens is 1. The molecule has 1 aromatic carbocycles. The Labute approximate surface area is 91.7 Å². The van der Waals surface area contributed by atoms with Gasteiger partial charge in [0.05, 0.1) is 11.9 Å². The highest BCUT2D eigenvalue weighted by Gasteiger charge is 2.07. The number of nitrogens with one attached hydrogen (secondary N) is 1. The van der Waals surface area contributed by atoms with Crippen molar-refractivity contribution in [3.8, 4) is 0 Å². The zero-order valence-corrected chi connectivity index (χ0v) is 8.64. The number of carbonyl (C=O) groups excluding carboxylic acids is 1. The van der Waals surface area contributed by atoms with Crippen LogP contribution in [-0.2, 0) is 7.05 Å². The minimum Gasteiger partial charge on any atom is -0.319 e. The van der Waals surface area contributed by atoms with E-state index in [0.29, 0.717) is 5.69 Å². The van der Waals surface area contributed by atoms with E-state index in [1.54, 1.807) is 24.0 Å². The van der Waals surface area contributed by atoms with E-state index in [1.165, 1.54) is 24.4 Å². The van der Waals surface area contributed by atoms with Crippen LogP contribution in [-0.4, -0.2) is 15.7 Å². The van der Waals surface area contributed by atoms with Crippen LogP contribution in [0.5, 0.6) is 0 Å². The maximum Gasteiger partial charge on any atom is 0.255 e. The largest absolute Gasteiger partial charge is 0.319 e. The molecular formula is C11H10FN3O. The minimum absolute atomic E-state index is 0.281. The highest BCUT2D eigenvalue weighted by atomic mass is 19.1. The van der Waals surface area contributed by atoms with E-state index in [0.717, 1.165) is 0 Å². The van der Waals surface area contributed by atoms with Crippen molar-refractivity contribution < 1.29 is 9.18 Å². The molecule has 0 aliphatic heterocycles. The summed E-state index contributed by atoms with van der Waals surface area (Å²) in [5, 5.41) is 6.53. The van der Waals surface area contributed by atoms with Gasteiger partial charge in [0.25, 0.3) is 5.91 Å². The SMILES string of the molecule is Cn1cc(NC(=O)c2cccc(F)c2)cn1. The summed E-state index contributed by atoms with van der Waals surface area (Å²) in [7, 11) is 1.75. The summed E-state index contributed by atoms with van der Waals surface area (Å²) >= 11 is 0. The van der Waals surface area contributed by atoms with Crippen molar-refractivity contribution in [1.29, 1.82) is 0 Å². The third-order valence-electron chi connectivity index (χ3n) is 2.05. The molecule has 0 radical (unpaired) electrons. The minimum atomic E-state index is -0.432. The third kappa shape index (κ3) is 2.25. The van der Waals surface area contributed by atoms with Gasteiger partial charge < -0.3 is 5.32 Å². The Hall–Kier alpha value is -2.17. The molecule has 0 saturated carbocycles. The zero-order chi connectivity index (χ0) is 11.5. The van der Waals surface area contributed by atoms with Gasteiger partial charge in [-0.25, -0.2) is 4.39 Å². The molecule has 0 spiro atoms. The first-order valence-corrected chi connectivity index (χ1v) is 4.71. The first-order chi connectivity index (χ1) is 7.65. The second kappa shape index (κ2) is 4.14. The van der Waals surface area contributed by atoms with Crippen LogP contribution < -0.4 is 5.32 Å². The Morgan fingerprint density at radius 3 is 2.94 bits per heavy atom. The van der Waals surface area contributed by atoms with Crippen molar-refractivity contribution in [1.82, 2.24) is 9.78 Å². The molecule has 1 heterocycles.